The average molecular weight is 280 g/mol. The predicted octanol–water partition coefficient (Wildman–Crippen LogP) is 1.87. The van der Waals surface area contributed by atoms with Gasteiger partial charge in [0, 0.05) is 12.4 Å². The summed E-state index contributed by atoms with van der Waals surface area (Å²) in [6, 6.07) is 0. The summed E-state index contributed by atoms with van der Waals surface area (Å²) in [4.78, 5) is 17.7. The van der Waals surface area contributed by atoms with Crippen LogP contribution in [0.25, 0.3) is 0 Å². The first-order valence-corrected chi connectivity index (χ1v) is 4.51. The van der Waals surface area contributed by atoms with Crippen molar-refractivity contribution in [1.29, 1.82) is 0 Å². The van der Waals surface area contributed by atoms with Gasteiger partial charge in [0.1, 0.15) is 16.9 Å². The van der Waals surface area contributed by atoms with Crippen LogP contribution in [0.2, 0.25) is 0 Å². The van der Waals surface area contributed by atoms with Crippen LogP contribution < -0.4 is 0 Å². The van der Waals surface area contributed by atoms with E-state index in [0.29, 0.717) is 5.82 Å². The van der Waals surface area contributed by atoms with Crippen molar-refractivity contribution in [3.8, 4) is 0 Å². The first-order valence-electron chi connectivity index (χ1n) is 2.81. The number of hydrogen-bond acceptors (Lipinski definition) is 3. The lowest BCUT2D eigenvalue weighted by atomic mass is 10.4. The van der Waals surface area contributed by atoms with Crippen molar-refractivity contribution in [1.82, 2.24) is 9.97 Å². The van der Waals surface area contributed by atoms with Crippen LogP contribution in [-0.4, -0.2) is 16.3 Å². The third-order valence-corrected chi connectivity index (χ3v) is 2.04. The number of nitrogens with zero attached hydrogens (tertiary/aromatic N) is 2. The van der Waals surface area contributed by atoms with Gasteiger partial charge in [-0.2, -0.15) is 0 Å². The second kappa shape index (κ2) is 3.92. The van der Waals surface area contributed by atoms with E-state index in [1.54, 1.807) is 12.4 Å². The highest BCUT2D eigenvalue weighted by Gasteiger charge is 2.07. The Morgan fingerprint density at radius 3 is 2.45 bits per heavy atom. The maximum Gasteiger partial charge on any atom is 0.149 e. The molecule has 0 radical (unpaired) electrons. The van der Waals surface area contributed by atoms with E-state index in [2.05, 4.69) is 41.8 Å². The number of halogens is 2. The number of carbonyl (C=O) groups is 1. The maximum absolute atomic E-state index is 10.3. The van der Waals surface area contributed by atoms with E-state index in [4.69, 9.17) is 0 Å². The zero-order valence-corrected chi connectivity index (χ0v) is 8.54. The molecule has 1 heterocycles. The minimum atomic E-state index is -0.407. The van der Waals surface area contributed by atoms with Gasteiger partial charge in [-0.1, -0.05) is 15.9 Å². The van der Waals surface area contributed by atoms with Crippen molar-refractivity contribution in [2.24, 2.45) is 0 Å². The normalized spacial score (nSPS) is 12.5. The summed E-state index contributed by atoms with van der Waals surface area (Å²) < 4.78 is 0.798. The van der Waals surface area contributed by atoms with Crippen LogP contribution in [-0.2, 0) is 4.79 Å². The van der Waals surface area contributed by atoms with E-state index in [1.165, 1.54) is 0 Å². The van der Waals surface area contributed by atoms with Gasteiger partial charge in [-0.3, -0.25) is 0 Å². The van der Waals surface area contributed by atoms with Gasteiger partial charge in [0.25, 0.3) is 0 Å². The van der Waals surface area contributed by atoms with Crippen LogP contribution in [0.1, 0.15) is 10.7 Å². The minimum Gasteiger partial charge on any atom is -0.302 e. The number of alkyl halides is 1. The molecule has 0 N–H and O–H groups in total. The lowest BCUT2D eigenvalue weighted by Gasteiger charge is -1.98. The van der Waals surface area contributed by atoms with Gasteiger partial charge in [0.2, 0.25) is 0 Å². The Kier molecular flexibility index (Phi) is 3.14. The molecule has 0 saturated carbocycles. The fourth-order valence-electron chi connectivity index (χ4n) is 0.526. The molecule has 1 rings (SSSR count). The molecule has 0 fully saturated rings. The fraction of sp³-hybridized carbons (Fsp3) is 0.167. The molecular formula is C6H4Br2N2O. The van der Waals surface area contributed by atoms with Crippen LogP contribution in [0.15, 0.2) is 16.9 Å². The van der Waals surface area contributed by atoms with Gasteiger partial charge in [-0.05, 0) is 15.9 Å². The van der Waals surface area contributed by atoms with Gasteiger partial charge in [-0.15, -0.1) is 0 Å². The molecule has 0 amide bonds. The first kappa shape index (κ1) is 8.80. The summed E-state index contributed by atoms with van der Waals surface area (Å²) in [5.41, 5.74) is 0. The van der Waals surface area contributed by atoms with Crippen molar-refractivity contribution in [2.75, 3.05) is 0 Å². The average Bonchev–Trinajstić information content (AvgIpc) is 2.05. The predicted molar refractivity (Wildman–Crippen MR) is 47.5 cm³/mol. The molecule has 0 aromatic carbocycles. The minimum absolute atomic E-state index is 0.407. The van der Waals surface area contributed by atoms with Gasteiger partial charge in [0.15, 0.2) is 0 Å². The highest BCUT2D eigenvalue weighted by atomic mass is 79.9. The number of rotatable bonds is 2. The molecule has 11 heavy (non-hydrogen) atoms. The lowest BCUT2D eigenvalue weighted by Crippen LogP contribution is -1.97. The van der Waals surface area contributed by atoms with Crippen molar-refractivity contribution in [2.45, 2.75) is 4.83 Å². The molecule has 0 aliphatic rings. The van der Waals surface area contributed by atoms with E-state index < -0.39 is 4.83 Å². The maximum atomic E-state index is 10.3. The monoisotopic (exact) mass is 278 g/mol. The Morgan fingerprint density at radius 1 is 1.45 bits per heavy atom. The van der Waals surface area contributed by atoms with Crippen molar-refractivity contribution in [3.63, 3.8) is 0 Å². The van der Waals surface area contributed by atoms with Crippen molar-refractivity contribution < 1.29 is 4.79 Å². The summed E-state index contributed by atoms with van der Waals surface area (Å²) in [5.74, 6) is 0.475. The molecule has 1 aromatic heterocycles. The Morgan fingerprint density at radius 2 is 2.00 bits per heavy atom. The smallest absolute Gasteiger partial charge is 0.149 e. The zero-order valence-electron chi connectivity index (χ0n) is 5.37. The molecule has 1 unspecified atom stereocenters. The van der Waals surface area contributed by atoms with Gasteiger partial charge in [0.05, 0.1) is 4.47 Å². The number of carbonyl (C=O) groups excluding carboxylic acids is 1. The first-order chi connectivity index (χ1) is 5.24. The molecule has 0 spiro atoms. The molecule has 58 valence electrons. The van der Waals surface area contributed by atoms with E-state index >= 15 is 0 Å². The van der Waals surface area contributed by atoms with E-state index in [1.807, 2.05) is 0 Å². The molecule has 0 aliphatic carbocycles. The van der Waals surface area contributed by atoms with Crippen LogP contribution >= 0.6 is 31.9 Å². The largest absolute Gasteiger partial charge is 0.302 e. The molecule has 0 bridgehead atoms. The van der Waals surface area contributed by atoms with E-state index in [-0.39, 0.29) is 0 Å². The topological polar surface area (TPSA) is 42.9 Å². The van der Waals surface area contributed by atoms with E-state index in [9.17, 15) is 4.79 Å². The zero-order chi connectivity index (χ0) is 8.27. The van der Waals surface area contributed by atoms with Crippen molar-refractivity contribution >= 4 is 38.1 Å². The van der Waals surface area contributed by atoms with Crippen molar-refractivity contribution in [3.05, 3.63) is 22.7 Å². The molecule has 1 aromatic rings. The summed E-state index contributed by atoms with van der Waals surface area (Å²) in [6.07, 6.45) is 3.93. The summed E-state index contributed by atoms with van der Waals surface area (Å²) in [7, 11) is 0. The SMILES string of the molecule is O=CC(Br)c1ncc(Br)cn1. The highest BCUT2D eigenvalue weighted by molar-refractivity contribution is 9.10. The molecule has 1 atom stereocenters. The van der Waals surface area contributed by atoms with E-state index in [0.717, 1.165) is 10.8 Å². The standard InChI is InChI=1S/C6H4Br2N2O/c7-4-1-9-6(10-2-4)5(8)3-11/h1-3,5H. The summed E-state index contributed by atoms with van der Waals surface area (Å²) >= 11 is 6.29. The summed E-state index contributed by atoms with van der Waals surface area (Å²) in [6.45, 7) is 0. The number of aromatic nitrogens is 2. The fourth-order valence-corrected chi connectivity index (χ4v) is 0.967. The Bertz CT molecular complexity index is 249. The Balaban J connectivity index is 2.89. The number of hydrogen-bond donors (Lipinski definition) is 0. The molecule has 3 nitrogen and oxygen atoms in total. The van der Waals surface area contributed by atoms with Crippen LogP contribution in [0.4, 0.5) is 0 Å². The molecule has 0 saturated heterocycles. The number of aldehydes is 1. The van der Waals surface area contributed by atoms with Crippen LogP contribution in [0.5, 0.6) is 0 Å². The Hall–Kier alpha value is -0.290. The third kappa shape index (κ3) is 2.34. The second-order valence-corrected chi connectivity index (χ2v) is 3.70. The second-order valence-electron chi connectivity index (χ2n) is 1.80. The lowest BCUT2D eigenvalue weighted by molar-refractivity contribution is -0.107. The van der Waals surface area contributed by atoms with Crippen LogP contribution in [0.3, 0.4) is 0 Å². The van der Waals surface area contributed by atoms with Crippen LogP contribution in [0, 0.1) is 0 Å². The third-order valence-electron chi connectivity index (χ3n) is 1.01. The molecule has 0 aliphatic heterocycles. The van der Waals surface area contributed by atoms with Gasteiger partial charge < -0.3 is 4.79 Å². The quantitative estimate of drug-likeness (QED) is 0.613. The summed E-state index contributed by atoms with van der Waals surface area (Å²) in [5, 5.41) is 0. The van der Waals surface area contributed by atoms with Gasteiger partial charge >= 0.3 is 0 Å². The Labute approximate surface area is 80.5 Å². The molecule has 5 heteroatoms. The highest BCUT2D eigenvalue weighted by Crippen LogP contribution is 2.16. The molecular weight excluding hydrogens is 276 g/mol. The van der Waals surface area contributed by atoms with Gasteiger partial charge in [-0.25, -0.2) is 9.97 Å².